The van der Waals surface area contributed by atoms with E-state index in [-0.39, 0.29) is 21.3 Å². The monoisotopic (exact) mass is 356 g/mol. The van der Waals surface area contributed by atoms with E-state index in [4.69, 9.17) is 16.3 Å². The van der Waals surface area contributed by atoms with Crippen LogP contribution in [0.15, 0.2) is 47.4 Å². The Morgan fingerprint density at radius 1 is 1.22 bits per heavy atom. The molecule has 0 radical (unpaired) electrons. The Bertz CT molecular complexity index is 822. The van der Waals surface area contributed by atoms with Crippen molar-refractivity contribution in [1.82, 2.24) is 0 Å². The number of hydrogen-bond donors (Lipinski definition) is 1. The minimum absolute atomic E-state index is 0.103. The predicted molar refractivity (Wildman–Crippen MR) is 86.5 cm³/mol. The van der Waals surface area contributed by atoms with Gasteiger partial charge in [-0.3, -0.25) is 14.8 Å². The van der Waals surface area contributed by atoms with Gasteiger partial charge < -0.3 is 4.74 Å². The van der Waals surface area contributed by atoms with Crippen molar-refractivity contribution in [3.8, 4) is 5.75 Å². The summed E-state index contributed by atoms with van der Waals surface area (Å²) in [6, 6.07) is 9.48. The Morgan fingerprint density at radius 2 is 1.87 bits per heavy atom. The largest absolute Gasteiger partial charge is 0.494 e. The second-order valence-electron chi connectivity index (χ2n) is 4.43. The fourth-order valence-electron chi connectivity index (χ4n) is 1.81. The lowest BCUT2D eigenvalue weighted by molar-refractivity contribution is -0.385. The van der Waals surface area contributed by atoms with Crippen LogP contribution in [0.4, 0.5) is 11.4 Å². The molecule has 23 heavy (non-hydrogen) atoms. The van der Waals surface area contributed by atoms with Crippen LogP contribution in [-0.4, -0.2) is 19.9 Å². The zero-order valence-electron chi connectivity index (χ0n) is 12.0. The van der Waals surface area contributed by atoms with Gasteiger partial charge in [-0.15, -0.1) is 0 Å². The number of ether oxygens (including phenoxy) is 1. The van der Waals surface area contributed by atoms with Gasteiger partial charge in [0.15, 0.2) is 0 Å². The van der Waals surface area contributed by atoms with Gasteiger partial charge in [0.05, 0.1) is 16.6 Å². The number of rotatable bonds is 6. The first kappa shape index (κ1) is 17.0. The van der Waals surface area contributed by atoms with E-state index in [0.717, 1.165) is 12.1 Å². The minimum Gasteiger partial charge on any atom is -0.494 e. The Balaban J connectivity index is 2.31. The molecule has 0 aliphatic heterocycles. The molecule has 0 amide bonds. The third-order valence-electron chi connectivity index (χ3n) is 2.83. The number of nitrogens with zero attached hydrogens (tertiary/aromatic N) is 1. The second kappa shape index (κ2) is 6.84. The summed E-state index contributed by atoms with van der Waals surface area (Å²) >= 11 is 5.86. The smallest absolute Gasteiger partial charge is 0.270 e. The lowest BCUT2D eigenvalue weighted by atomic mass is 10.3. The third kappa shape index (κ3) is 4.11. The van der Waals surface area contributed by atoms with Gasteiger partial charge in [0, 0.05) is 17.8 Å². The van der Waals surface area contributed by atoms with Crippen LogP contribution in [0.2, 0.25) is 5.02 Å². The molecule has 0 aromatic heterocycles. The predicted octanol–water partition coefficient (Wildman–Crippen LogP) is 3.45. The van der Waals surface area contributed by atoms with Gasteiger partial charge >= 0.3 is 0 Å². The molecule has 0 bridgehead atoms. The van der Waals surface area contributed by atoms with Gasteiger partial charge in [-0.05, 0) is 37.3 Å². The fraction of sp³-hybridized carbons (Fsp3) is 0.143. The number of non-ortho nitro benzene ring substituents is 1. The van der Waals surface area contributed by atoms with E-state index in [2.05, 4.69) is 4.72 Å². The van der Waals surface area contributed by atoms with Crippen molar-refractivity contribution in [2.45, 2.75) is 11.8 Å². The van der Waals surface area contributed by atoms with Crippen LogP contribution >= 0.6 is 11.6 Å². The summed E-state index contributed by atoms with van der Waals surface area (Å²) in [4.78, 5) is 9.73. The second-order valence-corrected chi connectivity index (χ2v) is 6.49. The molecule has 0 saturated heterocycles. The van der Waals surface area contributed by atoms with Gasteiger partial charge in [0.2, 0.25) is 0 Å². The van der Waals surface area contributed by atoms with Crippen molar-refractivity contribution in [1.29, 1.82) is 0 Å². The molecule has 2 aromatic rings. The summed E-state index contributed by atoms with van der Waals surface area (Å²) in [5, 5.41) is 10.7. The Kier molecular flexibility index (Phi) is 5.07. The van der Waals surface area contributed by atoms with Crippen molar-refractivity contribution < 1.29 is 18.1 Å². The van der Waals surface area contributed by atoms with Crippen molar-refractivity contribution in [2.24, 2.45) is 0 Å². The van der Waals surface area contributed by atoms with Crippen molar-refractivity contribution >= 4 is 33.0 Å². The fourth-order valence-corrected chi connectivity index (χ4v) is 3.39. The number of nitro benzene ring substituents is 1. The van der Waals surface area contributed by atoms with E-state index in [1.165, 1.54) is 18.2 Å². The molecule has 9 heteroatoms. The molecule has 7 nitrogen and oxygen atoms in total. The zero-order chi connectivity index (χ0) is 17.0. The number of sulfonamides is 1. The number of halogens is 1. The highest BCUT2D eigenvalue weighted by molar-refractivity contribution is 7.92. The van der Waals surface area contributed by atoms with E-state index >= 15 is 0 Å². The molecule has 0 fully saturated rings. The molecular formula is C14H13ClN2O5S. The highest BCUT2D eigenvalue weighted by Crippen LogP contribution is 2.28. The van der Waals surface area contributed by atoms with E-state index < -0.39 is 14.9 Å². The maximum atomic E-state index is 12.4. The van der Waals surface area contributed by atoms with Gasteiger partial charge in [-0.1, -0.05) is 11.6 Å². The van der Waals surface area contributed by atoms with Gasteiger partial charge in [0.25, 0.3) is 15.7 Å². The SMILES string of the molecule is CCOc1ccc(NS(=O)(=O)c2cc([N+](=O)[O-])ccc2Cl)cc1. The molecule has 2 rings (SSSR count). The van der Waals surface area contributed by atoms with Crippen LogP contribution in [0.5, 0.6) is 5.75 Å². The summed E-state index contributed by atoms with van der Waals surface area (Å²) < 4.78 is 32.3. The highest BCUT2D eigenvalue weighted by Gasteiger charge is 2.21. The Morgan fingerprint density at radius 3 is 2.43 bits per heavy atom. The van der Waals surface area contributed by atoms with Crippen molar-refractivity contribution in [3.05, 3.63) is 57.6 Å². The zero-order valence-corrected chi connectivity index (χ0v) is 13.6. The highest BCUT2D eigenvalue weighted by atomic mass is 35.5. The van der Waals surface area contributed by atoms with Crippen LogP contribution in [-0.2, 0) is 10.0 Å². The molecule has 0 heterocycles. The standard InChI is InChI=1S/C14H13ClN2O5S/c1-2-22-12-6-3-10(4-7-12)16-23(20,21)14-9-11(17(18)19)5-8-13(14)15/h3-9,16H,2H2,1H3. The number of hydrogen-bond acceptors (Lipinski definition) is 5. The van der Waals surface area contributed by atoms with Gasteiger partial charge in [-0.2, -0.15) is 0 Å². The average molecular weight is 357 g/mol. The van der Waals surface area contributed by atoms with Gasteiger partial charge in [0.1, 0.15) is 10.6 Å². The van der Waals surface area contributed by atoms with Crippen molar-refractivity contribution in [3.63, 3.8) is 0 Å². The van der Waals surface area contributed by atoms with E-state index in [0.29, 0.717) is 12.4 Å². The molecule has 2 aromatic carbocycles. The molecular weight excluding hydrogens is 344 g/mol. The molecule has 0 unspecified atom stereocenters. The van der Waals surface area contributed by atoms with Gasteiger partial charge in [-0.25, -0.2) is 8.42 Å². The lowest BCUT2D eigenvalue weighted by Crippen LogP contribution is -2.13. The summed E-state index contributed by atoms with van der Waals surface area (Å²) in [6.45, 7) is 2.33. The maximum absolute atomic E-state index is 12.4. The van der Waals surface area contributed by atoms with E-state index in [9.17, 15) is 18.5 Å². The summed E-state index contributed by atoms with van der Waals surface area (Å²) in [6.07, 6.45) is 0. The quantitative estimate of drug-likeness (QED) is 0.631. The maximum Gasteiger partial charge on any atom is 0.270 e. The number of nitrogens with one attached hydrogen (secondary N) is 1. The summed E-state index contributed by atoms with van der Waals surface area (Å²) in [5.74, 6) is 0.601. The molecule has 0 aliphatic carbocycles. The first-order valence-corrected chi connectivity index (χ1v) is 8.39. The van der Waals surface area contributed by atoms with E-state index in [1.807, 2.05) is 6.92 Å². The first-order valence-electron chi connectivity index (χ1n) is 6.53. The lowest BCUT2D eigenvalue weighted by Gasteiger charge is -2.10. The number of anilines is 1. The summed E-state index contributed by atoms with van der Waals surface area (Å²) in [5.41, 5.74) is -0.0718. The molecule has 0 aliphatic rings. The van der Waals surface area contributed by atoms with Crippen LogP contribution < -0.4 is 9.46 Å². The molecule has 0 atom stereocenters. The normalized spacial score (nSPS) is 11.0. The Hall–Kier alpha value is -2.32. The summed E-state index contributed by atoms with van der Waals surface area (Å²) in [7, 11) is -4.05. The third-order valence-corrected chi connectivity index (χ3v) is 4.70. The van der Waals surface area contributed by atoms with Crippen LogP contribution in [0, 0.1) is 10.1 Å². The van der Waals surface area contributed by atoms with Crippen LogP contribution in [0.3, 0.4) is 0 Å². The van der Waals surface area contributed by atoms with Crippen LogP contribution in [0.25, 0.3) is 0 Å². The molecule has 122 valence electrons. The van der Waals surface area contributed by atoms with E-state index in [1.54, 1.807) is 12.1 Å². The first-order chi connectivity index (χ1) is 10.8. The minimum atomic E-state index is -4.05. The number of nitro groups is 1. The molecule has 0 spiro atoms. The van der Waals surface area contributed by atoms with Crippen LogP contribution in [0.1, 0.15) is 6.92 Å². The average Bonchev–Trinajstić information content (AvgIpc) is 2.49. The van der Waals surface area contributed by atoms with Crippen molar-refractivity contribution in [2.75, 3.05) is 11.3 Å². The Labute approximate surface area is 138 Å². The molecule has 1 N–H and O–H groups in total. The topological polar surface area (TPSA) is 98.5 Å². The number of benzene rings is 2. The molecule has 0 saturated carbocycles.